The van der Waals surface area contributed by atoms with Gasteiger partial charge in [0.2, 0.25) is 0 Å². The second-order valence-electron chi connectivity index (χ2n) is 4.19. The summed E-state index contributed by atoms with van der Waals surface area (Å²) < 4.78 is 0. The third-order valence-electron chi connectivity index (χ3n) is 3.53. The SMILES string of the molecule is c1ccc2c(c1)CC[C@H]1NCC[C@@H]21. The van der Waals surface area contributed by atoms with Crippen molar-refractivity contribution in [1.29, 1.82) is 0 Å². The fourth-order valence-corrected chi connectivity index (χ4v) is 2.88. The molecular weight excluding hydrogens is 158 g/mol. The Morgan fingerprint density at radius 2 is 2.08 bits per heavy atom. The average Bonchev–Trinajstić information content (AvgIpc) is 2.65. The van der Waals surface area contributed by atoms with E-state index in [2.05, 4.69) is 29.6 Å². The monoisotopic (exact) mass is 173 g/mol. The van der Waals surface area contributed by atoms with Gasteiger partial charge in [-0.25, -0.2) is 0 Å². The van der Waals surface area contributed by atoms with Gasteiger partial charge in [-0.05, 0) is 36.9 Å². The Bertz CT molecular complexity index is 319. The van der Waals surface area contributed by atoms with Gasteiger partial charge in [-0.2, -0.15) is 0 Å². The van der Waals surface area contributed by atoms with E-state index >= 15 is 0 Å². The zero-order chi connectivity index (χ0) is 8.67. The van der Waals surface area contributed by atoms with Gasteiger partial charge in [-0.1, -0.05) is 24.3 Å². The Kier molecular flexibility index (Phi) is 1.66. The van der Waals surface area contributed by atoms with Crippen LogP contribution < -0.4 is 5.32 Å². The first-order valence-corrected chi connectivity index (χ1v) is 5.26. The summed E-state index contributed by atoms with van der Waals surface area (Å²) in [5, 5.41) is 3.60. The third kappa shape index (κ3) is 1.11. The van der Waals surface area contributed by atoms with Gasteiger partial charge >= 0.3 is 0 Å². The molecule has 3 rings (SSSR count). The van der Waals surface area contributed by atoms with Crippen molar-refractivity contribution in [1.82, 2.24) is 5.32 Å². The number of hydrogen-bond acceptors (Lipinski definition) is 1. The first-order chi connectivity index (χ1) is 6.45. The van der Waals surface area contributed by atoms with E-state index in [1.165, 1.54) is 25.8 Å². The largest absolute Gasteiger partial charge is 0.313 e. The van der Waals surface area contributed by atoms with Crippen molar-refractivity contribution in [2.45, 2.75) is 31.2 Å². The highest BCUT2D eigenvalue weighted by atomic mass is 15.0. The first-order valence-electron chi connectivity index (χ1n) is 5.26. The minimum atomic E-state index is 0.773. The molecule has 1 nitrogen and oxygen atoms in total. The van der Waals surface area contributed by atoms with Gasteiger partial charge in [0.1, 0.15) is 0 Å². The summed E-state index contributed by atoms with van der Waals surface area (Å²) in [6.07, 6.45) is 3.94. The Hall–Kier alpha value is -0.820. The van der Waals surface area contributed by atoms with E-state index in [0.717, 1.165) is 12.0 Å². The molecule has 2 aliphatic rings. The lowest BCUT2D eigenvalue weighted by atomic mass is 9.80. The van der Waals surface area contributed by atoms with E-state index in [4.69, 9.17) is 0 Å². The molecular formula is C12H15N. The molecule has 1 saturated heterocycles. The number of fused-ring (bicyclic) bond motifs is 3. The van der Waals surface area contributed by atoms with E-state index in [0.29, 0.717) is 0 Å². The van der Waals surface area contributed by atoms with Gasteiger partial charge < -0.3 is 5.32 Å². The molecule has 0 bridgehead atoms. The molecule has 68 valence electrons. The maximum absolute atomic E-state index is 3.60. The average molecular weight is 173 g/mol. The smallest absolute Gasteiger partial charge is 0.0139 e. The summed E-state index contributed by atoms with van der Waals surface area (Å²) in [5.41, 5.74) is 3.20. The molecule has 1 aromatic rings. The fraction of sp³-hybridized carbons (Fsp3) is 0.500. The van der Waals surface area contributed by atoms with Crippen molar-refractivity contribution < 1.29 is 0 Å². The van der Waals surface area contributed by atoms with Crippen molar-refractivity contribution >= 4 is 0 Å². The van der Waals surface area contributed by atoms with Crippen LogP contribution in [-0.2, 0) is 6.42 Å². The summed E-state index contributed by atoms with van der Waals surface area (Å²) in [7, 11) is 0. The number of aryl methyl sites for hydroxylation is 1. The van der Waals surface area contributed by atoms with Crippen LogP contribution in [0.1, 0.15) is 29.9 Å². The summed E-state index contributed by atoms with van der Waals surface area (Å²) in [6.45, 7) is 1.21. The zero-order valence-corrected chi connectivity index (χ0v) is 7.79. The van der Waals surface area contributed by atoms with Gasteiger partial charge in [0.05, 0.1) is 0 Å². The third-order valence-corrected chi connectivity index (χ3v) is 3.53. The lowest BCUT2D eigenvalue weighted by Gasteiger charge is -2.27. The quantitative estimate of drug-likeness (QED) is 0.633. The summed E-state index contributed by atoms with van der Waals surface area (Å²) >= 11 is 0. The molecule has 1 aliphatic carbocycles. The number of rotatable bonds is 0. The normalized spacial score (nSPS) is 31.1. The van der Waals surface area contributed by atoms with Gasteiger partial charge in [-0.3, -0.25) is 0 Å². The topological polar surface area (TPSA) is 12.0 Å². The van der Waals surface area contributed by atoms with Crippen LogP contribution in [0.5, 0.6) is 0 Å². The second kappa shape index (κ2) is 2.85. The first kappa shape index (κ1) is 7.57. The summed E-state index contributed by atoms with van der Waals surface area (Å²) in [4.78, 5) is 0. The highest BCUT2D eigenvalue weighted by molar-refractivity contribution is 5.35. The van der Waals surface area contributed by atoms with Crippen molar-refractivity contribution in [3.05, 3.63) is 35.4 Å². The minimum absolute atomic E-state index is 0.773. The van der Waals surface area contributed by atoms with E-state index < -0.39 is 0 Å². The highest BCUT2D eigenvalue weighted by Crippen LogP contribution is 2.36. The van der Waals surface area contributed by atoms with Crippen molar-refractivity contribution in [3.8, 4) is 0 Å². The van der Waals surface area contributed by atoms with Crippen LogP contribution in [0.3, 0.4) is 0 Å². The number of hydrogen-bond donors (Lipinski definition) is 1. The van der Waals surface area contributed by atoms with E-state index in [-0.39, 0.29) is 0 Å². The zero-order valence-electron chi connectivity index (χ0n) is 7.79. The molecule has 1 N–H and O–H groups in total. The Balaban J connectivity index is 2.06. The molecule has 1 fully saturated rings. The fourth-order valence-electron chi connectivity index (χ4n) is 2.88. The van der Waals surface area contributed by atoms with E-state index in [9.17, 15) is 0 Å². The van der Waals surface area contributed by atoms with Crippen LogP contribution in [0.2, 0.25) is 0 Å². The standard InChI is InChI=1S/C12H15N/c1-2-4-10-9(3-1)5-6-12-11(10)7-8-13-12/h1-4,11-13H,5-8H2/t11-,12+/m0/s1. The van der Waals surface area contributed by atoms with Crippen LogP contribution >= 0.6 is 0 Å². The molecule has 0 amide bonds. The van der Waals surface area contributed by atoms with Gasteiger partial charge in [-0.15, -0.1) is 0 Å². The predicted molar refractivity (Wildman–Crippen MR) is 53.9 cm³/mol. The van der Waals surface area contributed by atoms with Crippen LogP contribution in [0.25, 0.3) is 0 Å². The van der Waals surface area contributed by atoms with Gasteiger partial charge in [0.25, 0.3) is 0 Å². The molecule has 1 aromatic carbocycles. The van der Waals surface area contributed by atoms with Crippen molar-refractivity contribution in [2.75, 3.05) is 6.54 Å². The number of benzene rings is 1. The summed E-state index contributed by atoms with van der Waals surface area (Å²) in [5.74, 6) is 0.810. The molecule has 1 aliphatic heterocycles. The van der Waals surface area contributed by atoms with Crippen LogP contribution in [0, 0.1) is 0 Å². The molecule has 0 spiro atoms. The Morgan fingerprint density at radius 3 is 3.08 bits per heavy atom. The van der Waals surface area contributed by atoms with Gasteiger partial charge in [0.15, 0.2) is 0 Å². The Labute approximate surface area is 79.2 Å². The Morgan fingerprint density at radius 1 is 1.15 bits per heavy atom. The molecule has 1 heteroatoms. The van der Waals surface area contributed by atoms with Gasteiger partial charge in [0, 0.05) is 12.0 Å². The predicted octanol–water partition coefficient (Wildman–Crippen LogP) is 2.08. The van der Waals surface area contributed by atoms with Crippen LogP contribution in [0.15, 0.2) is 24.3 Å². The van der Waals surface area contributed by atoms with E-state index in [1.54, 1.807) is 11.1 Å². The summed E-state index contributed by atoms with van der Waals surface area (Å²) in [6, 6.07) is 9.74. The number of nitrogens with one attached hydrogen (secondary N) is 1. The van der Waals surface area contributed by atoms with Crippen LogP contribution in [0.4, 0.5) is 0 Å². The molecule has 0 aromatic heterocycles. The molecule has 0 unspecified atom stereocenters. The lowest BCUT2D eigenvalue weighted by Crippen LogP contribution is -2.30. The lowest BCUT2D eigenvalue weighted by molar-refractivity contribution is 0.481. The maximum atomic E-state index is 3.60. The minimum Gasteiger partial charge on any atom is -0.313 e. The molecule has 1 heterocycles. The van der Waals surface area contributed by atoms with E-state index in [1.807, 2.05) is 0 Å². The highest BCUT2D eigenvalue weighted by Gasteiger charge is 2.32. The van der Waals surface area contributed by atoms with Crippen LogP contribution in [-0.4, -0.2) is 12.6 Å². The molecule has 13 heavy (non-hydrogen) atoms. The van der Waals surface area contributed by atoms with Crippen molar-refractivity contribution in [2.24, 2.45) is 0 Å². The van der Waals surface area contributed by atoms with Crippen molar-refractivity contribution in [3.63, 3.8) is 0 Å². The molecule has 0 saturated carbocycles. The molecule has 2 atom stereocenters. The molecule has 0 radical (unpaired) electrons. The second-order valence-corrected chi connectivity index (χ2v) is 4.19. The maximum Gasteiger partial charge on any atom is 0.0139 e.